The van der Waals surface area contributed by atoms with Gasteiger partial charge in [-0.15, -0.1) is 34.0 Å². The Balaban J connectivity index is 0.00000162. The van der Waals surface area contributed by atoms with E-state index in [1.807, 2.05) is 0 Å². The number of nitrogens with one attached hydrogen (secondary N) is 1. The molecule has 1 aliphatic heterocycles. The maximum atomic E-state index is 5.64. The normalized spacial score (nSPS) is 13.5. The Kier molecular flexibility index (Phi) is 8.61. The van der Waals surface area contributed by atoms with Crippen molar-refractivity contribution < 1.29 is 4.74 Å². The highest BCUT2D eigenvalue weighted by atomic mass is 79.9. The maximum absolute atomic E-state index is 5.64. The van der Waals surface area contributed by atoms with Gasteiger partial charge in [-0.1, -0.05) is 13.8 Å². The van der Waals surface area contributed by atoms with Crippen LogP contribution in [0.5, 0.6) is 5.88 Å². The van der Waals surface area contributed by atoms with Gasteiger partial charge in [0.25, 0.3) is 0 Å². The first-order chi connectivity index (χ1) is 8.16. The third kappa shape index (κ3) is 5.28. The average Bonchev–Trinajstić information content (AvgIpc) is 2.51. The van der Waals surface area contributed by atoms with E-state index in [1.54, 1.807) is 0 Å². The molecule has 0 saturated carbocycles. The molecular formula is C13H23Br2N3O. The number of rotatable bonds is 3. The minimum Gasteiger partial charge on any atom is -0.476 e. The molecule has 0 aromatic carbocycles. The van der Waals surface area contributed by atoms with Gasteiger partial charge in [-0.3, -0.25) is 0 Å². The maximum Gasteiger partial charge on any atom is 0.219 e. The molecule has 0 unspecified atom stereocenters. The topological polar surface area (TPSA) is 37.4 Å². The van der Waals surface area contributed by atoms with Crippen LogP contribution in [0.3, 0.4) is 0 Å². The minimum atomic E-state index is 0. The Morgan fingerprint density at radius 2 is 2.11 bits per heavy atom. The highest BCUT2D eigenvalue weighted by molar-refractivity contribution is 8.93. The lowest BCUT2D eigenvalue weighted by Gasteiger charge is -2.21. The van der Waals surface area contributed by atoms with Crippen LogP contribution < -0.4 is 15.0 Å². The number of aromatic nitrogens is 1. The van der Waals surface area contributed by atoms with Crippen molar-refractivity contribution in [1.29, 1.82) is 0 Å². The van der Waals surface area contributed by atoms with E-state index >= 15 is 0 Å². The van der Waals surface area contributed by atoms with Gasteiger partial charge in [-0.05, 0) is 18.1 Å². The molecule has 0 fully saturated rings. The monoisotopic (exact) mass is 395 g/mol. The summed E-state index contributed by atoms with van der Waals surface area (Å²) in [7, 11) is 2.07. The van der Waals surface area contributed by atoms with E-state index in [0.29, 0.717) is 12.5 Å². The van der Waals surface area contributed by atoms with E-state index in [1.165, 1.54) is 0 Å². The molecule has 0 bridgehead atoms. The van der Waals surface area contributed by atoms with E-state index in [2.05, 4.69) is 48.2 Å². The van der Waals surface area contributed by atoms with Crippen LogP contribution in [0.15, 0.2) is 12.1 Å². The Labute approximate surface area is 136 Å². The molecule has 0 spiro atoms. The van der Waals surface area contributed by atoms with Crippen LogP contribution in [-0.4, -0.2) is 31.7 Å². The summed E-state index contributed by atoms with van der Waals surface area (Å²) in [6, 6.07) is 4.17. The lowest BCUT2D eigenvalue weighted by Crippen LogP contribution is -2.23. The van der Waals surface area contributed by atoms with E-state index in [-0.39, 0.29) is 34.0 Å². The minimum absolute atomic E-state index is 0. The van der Waals surface area contributed by atoms with Gasteiger partial charge in [0.15, 0.2) is 0 Å². The smallest absolute Gasteiger partial charge is 0.219 e. The quantitative estimate of drug-likeness (QED) is 0.852. The molecule has 1 aromatic rings. The fourth-order valence-corrected chi connectivity index (χ4v) is 2.02. The van der Waals surface area contributed by atoms with Crippen LogP contribution >= 0.6 is 34.0 Å². The molecule has 1 aromatic heterocycles. The Morgan fingerprint density at radius 3 is 2.79 bits per heavy atom. The van der Waals surface area contributed by atoms with Gasteiger partial charge in [0.2, 0.25) is 5.88 Å². The lowest BCUT2D eigenvalue weighted by molar-refractivity contribution is 0.314. The van der Waals surface area contributed by atoms with E-state index in [0.717, 1.165) is 36.9 Å². The molecular weight excluding hydrogens is 374 g/mol. The molecule has 0 aliphatic carbocycles. The Morgan fingerprint density at radius 1 is 1.37 bits per heavy atom. The second kappa shape index (κ2) is 8.76. The number of nitrogens with zero attached hydrogens (tertiary/aromatic N) is 2. The molecule has 4 nitrogen and oxygen atoms in total. The highest BCUT2D eigenvalue weighted by Crippen LogP contribution is 2.22. The zero-order valence-electron chi connectivity index (χ0n) is 11.7. The molecule has 6 heteroatoms. The number of ether oxygens (including phenoxy) is 1. The first-order valence-corrected chi connectivity index (χ1v) is 6.21. The number of anilines is 1. The van der Waals surface area contributed by atoms with Crippen LogP contribution in [0, 0.1) is 5.92 Å². The highest BCUT2D eigenvalue weighted by Gasteiger charge is 2.12. The second-order valence-electron chi connectivity index (χ2n) is 4.93. The molecule has 0 amide bonds. The van der Waals surface area contributed by atoms with Crippen molar-refractivity contribution in [3.63, 3.8) is 0 Å². The summed E-state index contributed by atoms with van der Waals surface area (Å²) in [5, 5.41) is 3.31. The predicted molar refractivity (Wildman–Crippen MR) is 90.2 cm³/mol. The molecule has 110 valence electrons. The summed E-state index contributed by atoms with van der Waals surface area (Å²) in [5.41, 5.74) is 1.14. The van der Waals surface area contributed by atoms with Crippen LogP contribution in [-0.2, 0) is 6.54 Å². The number of hydrogen-bond acceptors (Lipinski definition) is 4. The predicted octanol–water partition coefficient (Wildman–Crippen LogP) is 2.81. The summed E-state index contributed by atoms with van der Waals surface area (Å²) < 4.78 is 5.64. The largest absolute Gasteiger partial charge is 0.476 e. The number of pyridine rings is 1. The van der Waals surface area contributed by atoms with E-state index < -0.39 is 0 Å². The first kappa shape index (κ1) is 18.7. The van der Waals surface area contributed by atoms with Gasteiger partial charge in [0, 0.05) is 32.2 Å². The standard InChI is InChI=1S/C13H21N3O.2BrH/c1-10(2)9-16(3)12-5-4-11-8-14-6-7-17-13(11)15-12;;/h4-5,10,14H,6-9H2,1-3H3;2*1H. The SMILES string of the molecule is Br.Br.CC(C)CN(C)c1ccc2c(n1)OCCNC2. The lowest BCUT2D eigenvalue weighted by atomic mass is 10.2. The number of halogens is 2. The number of fused-ring (bicyclic) bond motifs is 1. The van der Waals surface area contributed by atoms with Gasteiger partial charge in [-0.25, -0.2) is 0 Å². The van der Waals surface area contributed by atoms with Gasteiger partial charge >= 0.3 is 0 Å². The molecule has 1 N–H and O–H groups in total. The van der Waals surface area contributed by atoms with Crippen LogP contribution in [0.25, 0.3) is 0 Å². The van der Waals surface area contributed by atoms with Crippen molar-refractivity contribution in [3.8, 4) is 5.88 Å². The summed E-state index contributed by atoms with van der Waals surface area (Å²) in [6.45, 7) is 7.84. The van der Waals surface area contributed by atoms with Crippen LogP contribution in [0.4, 0.5) is 5.82 Å². The van der Waals surface area contributed by atoms with E-state index in [9.17, 15) is 0 Å². The third-order valence-electron chi connectivity index (χ3n) is 2.79. The molecule has 2 rings (SSSR count). The van der Waals surface area contributed by atoms with Crippen LogP contribution in [0.1, 0.15) is 19.4 Å². The molecule has 0 atom stereocenters. The Hall–Kier alpha value is -0.330. The summed E-state index contributed by atoms with van der Waals surface area (Å²) in [4.78, 5) is 6.76. The summed E-state index contributed by atoms with van der Waals surface area (Å²) in [6.07, 6.45) is 0. The van der Waals surface area contributed by atoms with Crippen molar-refractivity contribution in [2.45, 2.75) is 20.4 Å². The van der Waals surface area contributed by atoms with Gasteiger partial charge in [0.1, 0.15) is 12.4 Å². The molecule has 2 heterocycles. The van der Waals surface area contributed by atoms with Gasteiger partial charge < -0.3 is 15.0 Å². The average molecular weight is 397 g/mol. The fourth-order valence-electron chi connectivity index (χ4n) is 2.02. The fraction of sp³-hybridized carbons (Fsp3) is 0.615. The summed E-state index contributed by atoms with van der Waals surface area (Å²) in [5.74, 6) is 2.39. The van der Waals surface area contributed by atoms with Crippen molar-refractivity contribution in [2.24, 2.45) is 5.92 Å². The second-order valence-corrected chi connectivity index (χ2v) is 4.93. The molecule has 0 saturated heterocycles. The van der Waals surface area contributed by atoms with Crippen molar-refractivity contribution in [1.82, 2.24) is 10.3 Å². The number of hydrogen-bond donors (Lipinski definition) is 1. The summed E-state index contributed by atoms with van der Waals surface area (Å²) >= 11 is 0. The van der Waals surface area contributed by atoms with E-state index in [4.69, 9.17) is 4.74 Å². The third-order valence-corrected chi connectivity index (χ3v) is 2.79. The Bertz CT molecular complexity index is 388. The van der Waals surface area contributed by atoms with Crippen LogP contribution in [0.2, 0.25) is 0 Å². The van der Waals surface area contributed by atoms with Crippen molar-refractivity contribution in [2.75, 3.05) is 31.6 Å². The molecule has 0 radical (unpaired) electrons. The molecule has 19 heavy (non-hydrogen) atoms. The van der Waals surface area contributed by atoms with Crippen molar-refractivity contribution in [3.05, 3.63) is 17.7 Å². The van der Waals surface area contributed by atoms with Crippen molar-refractivity contribution >= 4 is 39.8 Å². The molecule has 1 aliphatic rings. The van der Waals surface area contributed by atoms with Gasteiger partial charge in [-0.2, -0.15) is 4.98 Å². The van der Waals surface area contributed by atoms with Gasteiger partial charge in [0.05, 0.1) is 0 Å². The zero-order valence-corrected chi connectivity index (χ0v) is 15.1. The first-order valence-electron chi connectivity index (χ1n) is 6.21. The zero-order chi connectivity index (χ0) is 12.3.